The van der Waals surface area contributed by atoms with Crippen LogP contribution < -0.4 is 15.8 Å². The summed E-state index contributed by atoms with van der Waals surface area (Å²) in [6.07, 6.45) is 4.48. The van der Waals surface area contributed by atoms with Gasteiger partial charge in [0.25, 0.3) is 0 Å². The van der Waals surface area contributed by atoms with Crippen molar-refractivity contribution in [2.75, 3.05) is 71.0 Å². The number of likely N-dealkylation sites (tertiary alicyclic amines) is 1. The highest BCUT2D eigenvalue weighted by Gasteiger charge is 2.21. The number of piperidine rings is 1. The van der Waals surface area contributed by atoms with E-state index < -0.39 is 0 Å². The van der Waals surface area contributed by atoms with Gasteiger partial charge in [-0.3, -0.25) is 10.3 Å². The summed E-state index contributed by atoms with van der Waals surface area (Å²) in [6.45, 7) is 6.93. The average molecular weight is 545 g/mol. The standard InChI is InChI=1S/C23H26N6O.C7H14N2O/c1-29-13-11-17(12-14-29)28-23-20(22(25)26-15-27-23)21(24)16-7-9-19(10-8-16)30-18-5-3-2-4-6-18;1-8-2-4-9(5-3-8)6-7-10/h2-10,15,17,24H,11-14H2,1H3,(H3,25,26,27,28);7H,2-6H2,1H3. The second kappa shape index (κ2) is 14.5. The van der Waals surface area contributed by atoms with Gasteiger partial charge in [0, 0.05) is 37.8 Å². The highest BCUT2D eigenvalue weighted by Crippen LogP contribution is 2.26. The van der Waals surface area contributed by atoms with E-state index in [1.54, 1.807) is 0 Å². The quantitative estimate of drug-likeness (QED) is 0.290. The van der Waals surface area contributed by atoms with Crippen LogP contribution in [0.15, 0.2) is 60.9 Å². The van der Waals surface area contributed by atoms with Crippen LogP contribution in [0.1, 0.15) is 24.0 Å². The van der Waals surface area contributed by atoms with E-state index in [1.165, 1.54) is 6.33 Å². The number of carbonyl (C=O) groups is 1. The first-order valence-electron chi connectivity index (χ1n) is 13.7. The Kier molecular flexibility index (Phi) is 10.6. The van der Waals surface area contributed by atoms with Gasteiger partial charge in [-0.25, -0.2) is 9.97 Å². The van der Waals surface area contributed by atoms with Gasteiger partial charge in [-0.2, -0.15) is 0 Å². The van der Waals surface area contributed by atoms with Crippen LogP contribution in [0, 0.1) is 5.41 Å². The first-order valence-corrected chi connectivity index (χ1v) is 13.7. The molecule has 212 valence electrons. The Labute approximate surface area is 236 Å². The van der Waals surface area contributed by atoms with Crippen molar-refractivity contribution in [1.82, 2.24) is 24.7 Å². The molecule has 3 heterocycles. The predicted octanol–water partition coefficient (Wildman–Crippen LogP) is 3.21. The number of aldehydes is 1. The Hall–Kier alpha value is -3.86. The van der Waals surface area contributed by atoms with Crippen molar-refractivity contribution < 1.29 is 9.53 Å². The van der Waals surface area contributed by atoms with Crippen molar-refractivity contribution >= 4 is 23.6 Å². The number of anilines is 2. The maximum atomic E-state index is 10.1. The number of para-hydroxylation sites is 1. The predicted molar refractivity (Wildman–Crippen MR) is 159 cm³/mol. The van der Waals surface area contributed by atoms with Gasteiger partial charge in [0.1, 0.15) is 35.7 Å². The molecule has 0 bridgehead atoms. The molecular weight excluding hydrogens is 504 g/mol. The Morgan fingerprint density at radius 2 is 1.57 bits per heavy atom. The average Bonchev–Trinajstić information content (AvgIpc) is 2.97. The van der Waals surface area contributed by atoms with Crippen LogP contribution in [0.2, 0.25) is 0 Å². The highest BCUT2D eigenvalue weighted by molar-refractivity contribution is 6.16. The molecule has 1 aromatic heterocycles. The monoisotopic (exact) mass is 544 g/mol. The molecule has 3 aromatic rings. The van der Waals surface area contributed by atoms with Crippen molar-refractivity contribution in [2.24, 2.45) is 0 Å². The smallest absolute Gasteiger partial charge is 0.141 e. The number of aromatic nitrogens is 2. The number of rotatable bonds is 8. The van der Waals surface area contributed by atoms with Gasteiger partial charge in [0.2, 0.25) is 0 Å². The van der Waals surface area contributed by atoms with E-state index in [2.05, 4.69) is 44.1 Å². The molecule has 0 atom stereocenters. The van der Waals surface area contributed by atoms with Crippen molar-refractivity contribution in [1.29, 1.82) is 5.41 Å². The van der Waals surface area contributed by atoms with E-state index >= 15 is 0 Å². The molecule has 10 heteroatoms. The fraction of sp³-hybridized carbons (Fsp3) is 0.400. The topological polar surface area (TPSA) is 124 Å². The maximum Gasteiger partial charge on any atom is 0.141 e. The Morgan fingerprint density at radius 3 is 2.23 bits per heavy atom. The van der Waals surface area contributed by atoms with Gasteiger partial charge >= 0.3 is 0 Å². The summed E-state index contributed by atoms with van der Waals surface area (Å²) >= 11 is 0. The molecule has 2 aromatic carbocycles. The molecule has 0 radical (unpaired) electrons. The maximum absolute atomic E-state index is 10.1. The van der Waals surface area contributed by atoms with E-state index in [9.17, 15) is 4.79 Å². The van der Waals surface area contributed by atoms with E-state index in [0.717, 1.165) is 69.7 Å². The molecule has 0 unspecified atom stereocenters. The van der Waals surface area contributed by atoms with Crippen LogP contribution in [0.3, 0.4) is 0 Å². The number of benzene rings is 2. The Balaban J connectivity index is 0.000000312. The van der Waals surface area contributed by atoms with Gasteiger partial charge in [-0.1, -0.05) is 18.2 Å². The molecule has 2 fully saturated rings. The number of ether oxygens (including phenoxy) is 1. The van der Waals surface area contributed by atoms with Crippen LogP contribution >= 0.6 is 0 Å². The molecule has 2 aliphatic heterocycles. The van der Waals surface area contributed by atoms with Crippen molar-refractivity contribution in [3.05, 3.63) is 72.1 Å². The summed E-state index contributed by atoms with van der Waals surface area (Å²) in [5.74, 6) is 2.40. The number of carbonyl (C=O) groups excluding carboxylic acids is 1. The second-order valence-electron chi connectivity index (χ2n) is 10.3. The fourth-order valence-electron chi connectivity index (χ4n) is 4.70. The van der Waals surface area contributed by atoms with Crippen LogP contribution in [0.4, 0.5) is 11.6 Å². The fourth-order valence-corrected chi connectivity index (χ4v) is 4.70. The molecule has 40 heavy (non-hydrogen) atoms. The number of piperazine rings is 1. The molecule has 4 N–H and O–H groups in total. The van der Waals surface area contributed by atoms with Gasteiger partial charge in [0.15, 0.2) is 0 Å². The molecule has 10 nitrogen and oxygen atoms in total. The number of nitrogens with one attached hydrogen (secondary N) is 2. The molecular formula is C30H40N8O2. The summed E-state index contributed by atoms with van der Waals surface area (Å²) in [5, 5.41) is 12.2. The molecule has 5 rings (SSSR count). The van der Waals surface area contributed by atoms with E-state index in [0.29, 0.717) is 35.5 Å². The summed E-state index contributed by atoms with van der Waals surface area (Å²) in [4.78, 5) is 25.4. The summed E-state index contributed by atoms with van der Waals surface area (Å²) in [5.41, 5.74) is 7.70. The lowest BCUT2D eigenvalue weighted by atomic mass is 10.0. The zero-order valence-electron chi connectivity index (χ0n) is 23.4. The normalized spacial score (nSPS) is 16.9. The van der Waals surface area contributed by atoms with Gasteiger partial charge < -0.3 is 30.4 Å². The number of hydrogen-bond acceptors (Lipinski definition) is 10. The molecule has 0 saturated carbocycles. The third-order valence-corrected chi connectivity index (χ3v) is 7.24. The largest absolute Gasteiger partial charge is 0.457 e. The zero-order chi connectivity index (χ0) is 28.3. The zero-order valence-corrected chi connectivity index (χ0v) is 23.4. The molecule has 0 aliphatic carbocycles. The van der Waals surface area contributed by atoms with Gasteiger partial charge in [-0.15, -0.1) is 0 Å². The number of nitrogens with zero attached hydrogens (tertiary/aromatic N) is 5. The van der Waals surface area contributed by atoms with E-state index in [4.69, 9.17) is 15.9 Å². The van der Waals surface area contributed by atoms with Crippen LogP contribution in [0.25, 0.3) is 0 Å². The number of nitrogens with two attached hydrogens (primary N) is 1. The Morgan fingerprint density at radius 1 is 0.950 bits per heavy atom. The minimum Gasteiger partial charge on any atom is -0.457 e. The van der Waals surface area contributed by atoms with E-state index in [1.807, 2.05) is 54.6 Å². The molecule has 0 amide bonds. The van der Waals surface area contributed by atoms with Crippen molar-refractivity contribution in [3.8, 4) is 11.5 Å². The Bertz CT molecular complexity index is 1220. The SMILES string of the molecule is CN1CCC(Nc2ncnc(N)c2C(=N)c2ccc(Oc3ccccc3)cc2)CC1.CN1CCN(CC=O)CC1. The number of likely N-dealkylation sites (N-methyl/N-ethyl adjacent to an activating group) is 1. The lowest BCUT2D eigenvalue weighted by Gasteiger charge is -2.30. The van der Waals surface area contributed by atoms with Gasteiger partial charge in [-0.05, 0) is 76.4 Å². The summed E-state index contributed by atoms with van der Waals surface area (Å²) in [7, 11) is 4.24. The number of hydrogen-bond donors (Lipinski definition) is 3. The second-order valence-corrected chi connectivity index (χ2v) is 10.3. The third-order valence-electron chi connectivity index (χ3n) is 7.24. The number of nitrogen functional groups attached to an aromatic ring is 1. The van der Waals surface area contributed by atoms with Gasteiger partial charge in [0.05, 0.1) is 17.8 Å². The first-order chi connectivity index (χ1) is 19.4. The van der Waals surface area contributed by atoms with Crippen LogP contribution in [-0.2, 0) is 4.79 Å². The first kappa shape index (κ1) is 29.1. The highest BCUT2D eigenvalue weighted by atomic mass is 16.5. The van der Waals surface area contributed by atoms with Crippen molar-refractivity contribution in [2.45, 2.75) is 18.9 Å². The third kappa shape index (κ3) is 8.32. The van der Waals surface area contributed by atoms with Crippen LogP contribution in [-0.4, -0.2) is 103 Å². The lowest BCUT2D eigenvalue weighted by Crippen LogP contribution is -2.44. The molecule has 2 aliphatic rings. The molecule has 2 saturated heterocycles. The lowest BCUT2D eigenvalue weighted by molar-refractivity contribution is -0.109. The van der Waals surface area contributed by atoms with Crippen molar-refractivity contribution in [3.63, 3.8) is 0 Å². The molecule has 0 spiro atoms. The minimum absolute atomic E-state index is 0.287. The summed E-state index contributed by atoms with van der Waals surface area (Å²) < 4.78 is 5.84. The summed E-state index contributed by atoms with van der Waals surface area (Å²) in [6, 6.07) is 17.3. The van der Waals surface area contributed by atoms with E-state index in [-0.39, 0.29) is 5.71 Å². The minimum atomic E-state index is 0.287. The van der Waals surface area contributed by atoms with Crippen LogP contribution in [0.5, 0.6) is 11.5 Å².